The van der Waals surface area contributed by atoms with Crippen molar-refractivity contribution < 1.29 is 74.3 Å². The van der Waals surface area contributed by atoms with Crippen molar-refractivity contribution in [3.05, 3.63) is 71.8 Å². The first-order valence-electron chi connectivity index (χ1n) is 17.6. The van der Waals surface area contributed by atoms with Crippen LogP contribution < -0.4 is 11.1 Å². The lowest BCUT2D eigenvalue weighted by Crippen LogP contribution is -2.64. The average Bonchev–Trinajstić information content (AvgIpc) is 4.12. The molecule has 0 aromatic heterocycles. The smallest absolute Gasteiger partial charge is 0.336 e. The van der Waals surface area contributed by atoms with E-state index in [0.29, 0.717) is 17.9 Å². The van der Waals surface area contributed by atoms with Gasteiger partial charge in [0.15, 0.2) is 12.6 Å². The zero-order valence-electron chi connectivity index (χ0n) is 29.1. The Morgan fingerprint density at radius 2 is 1.17 bits per heavy atom. The summed E-state index contributed by atoms with van der Waals surface area (Å²) in [6.07, 6.45) is -8.54. The summed E-state index contributed by atoms with van der Waals surface area (Å²) in [4.78, 5) is 51.7. The topological polar surface area (TPSA) is 299 Å². The fourth-order valence-corrected chi connectivity index (χ4v) is 6.53. The van der Waals surface area contributed by atoms with Crippen molar-refractivity contribution in [2.75, 3.05) is 13.2 Å². The molecule has 14 atom stereocenters. The SMILES string of the molecule is N[C@H]1C(O)O[C@H](CO)[C@@H](O)[C@@H]1O.O=C(N[C@H]1C(O)O[C@H](CO)[C@@H](O)[C@@H]1O)[C@@H]1CC1c1ccccc1.O=C(ON1C(=O)CCC1=O)[C@@H]1CC1c1ccccc1. The Kier molecular flexibility index (Phi) is 13.9. The van der Waals surface area contributed by atoms with E-state index in [0.717, 1.165) is 11.1 Å². The van der Waals surface area contributed by atoms with Crippen LogP contribution >= 0.6 is 0 Å². The normalized spacial score (nSPS) is 36.9. The minimum Gasteiger partial charge on any atom is -0.394 e. The molecule has 18 heteroatoms. The van der Waals surface area contributed by atoms with Gasteiger partial charge in [0.1, 0.15) is 42.7 Å². The molecule has 296 valence electrons. The average molecular weight is 762 g/mol. The van der Waals surface area contributed by atoms with Crippen molar-refractivity contribution >= 4 is 23.7 Å². The molecule has 3 amide bonds. The van der Waals surface area contributed by atoms with Gasteiger partial charge in [0.05, 0.1) is 25.2 Å². The number of aliphatic hydroxyl groups excluding tert-OH is 8. The Labute approximate surface area is 309 Å². The van der Waals surface area contributed by atoms with Crippen LogP contribution in [-0.2, 0) is 33.5 Å². The molecule has 0 spiro atoms. The zero-order chi connectivity index (χ0) is 39.3. The third-order valence-corrected chi connectivity index (χ3v) is 10.0. The van der Waals surface area contributed by atoms with Crippen LogP contribution in [0.3, 0.4) is 0 Å². The number of imide groups is 1. The van der Waals surface area contributed by atoms with Crippen molar-refractivity contribution in [3.63, 3.8) is 0 Å². The van der Waals surface area contributed by atoms with E-state index in [1.165, 1.54) is 0 Å². The maximum atomic E-state index is 12.3. The highest BCUT2D eigenvalue weighted by atomic mass is 16.7. The van der Waals surface area contributed by atoms with Gasteiger partial charge in [-0.3, -0.25) is 14.4 Å². The molecule has 2 saturated carbocycles. The molecule has 18 nitrogen and oxygen atoms in total. The van der Waals surface area contributed by atoms with Crippen molar-refractivity contribution in [3.8, 4) is 0 Å². The molecule has 3 heterocycles. The van der Waals surface area contributed by atoms with Crippen LogP contribution in [0.15, 0.2) is 60.7 Å². The number of nitrogens with zero attached hydrogens (tertiary/aromatic N) is 1. The predicted octanol–water partition coefficient (Wildman–Crippen LogP) is -3.15. The number of hydroxylamine groups is 2. The van der Waals surface area contributed by atoms with Crippen LogP contribution in [0.4, 0.5) is 0 Å². The molecule has 2 aliphatic carbocycles. The summed E-state index contributed by atoms with van der Waals surface area (Å²) in [6.45, 7) is -1.00. The minimum atomic E-state index is -1.48. The number of aliphatic hydroxyl groups is 8. The quantitative estimate of drug-likeness (QED) is 0.119. The van der Waals surface area contributed by atoms with E-state index in [1.54, 1.807) is 0 Å². The van der Waals surface area contributed by atoms with Crippen LogP contribution in [0.25, 0.3) is 0 Å². The molecular weight excluding hydrogens is 714 g/mol. The summed E-state index contributed by atoms with van der Waals surface area (Å²) < 4.78 is 9.73. The molecule has 3 saturated heterocycles. The van der Waals surface area contributed by atoms with Gasteiger partial charge in [-0.1, -0.05) is 60.7 Å². The number of ether oxygens (including phenoxy) is 2. The van der Waals surface area contributed by atoms with Gasteiger partial charge >= 0.3 is 5.97 Å². The van der Waals surface area contributed by atoms with Crippen LogP contribution in [-0.4, -0.2) is 144 Å². The molecule has 0 radical (unpaired) electrons. The van der Waals surface area contributed by atoms with Gasteiger partial charge in [0, 0.05) is 18.8 Å². The molecule has 7 rings (SSSR count). The van der Waals surface area contributed by atoms with Crippen LogP contribution in [0.1, 0.15) is 48.6 Å². The summed E-state index contributed by atoms with van der Waals surface area (Å²) in [5.41, 5.74) is 7.43. The summed E-state index contributed by atoms with van der Waals surface area (Å²) in [6, 6.07) is 17.2. The van der Waals surface area contributed by atoms with Gasteiger partial charge in [-0.2, -0.15) is 0 Å². The monoisotopic (exact) mass is 761 g/mol. The minimum absolute atomic E-state index is 0.124. The van der Waals surface area contributed by atoms with E-state index in [-0.39, 0.29) is 42.4 Å². The lowest BCUT2D eigenvalue weighted by atomic mass is 9.97. The number of nitrogens with two attached hydrogens (primary N) is 1. The van der Waals surface area contributed by atoms with Crippen LogP contribution in [0.5, 0.6) is 0 Å². The first-order chi connectivity index (χ1) is 25.8. The number of benzene rings is 2. The number of amides is 3. The molecule has 5 fully saturated rings. The maximum Gasteiger partial charge on any atom is 0.336 e. The highest BCUT2D eigenvalue weighted by molar-refractivity contribution is 6.01. The number of hydrogen-bond donors (Lipinski definition) is 10. The summed E-state index contributed by atoms with van der Waals surface area (Å²) >= 11 is 0. The number of nitrogens with one attached hydrogen (secondary N) is 1. The fourth-order valence-electron chi connectivity index (χ4n) is 6.53. The lowest BCUT2D eigenvalue weighted by molar-refractivity contribution is -0.254. The van der Waals surface area contributed by atoms with Crippen LogP contribution in [0, 0.1) is 11.8 Å². The van der Waals surface area contributed by atoms with Crippen molar-refractivity contribution in [1.29, 1.82) is 0 Å². The van der Waals surface area contributed by atoms with Crippen LogP contribution in [0.2, 0.25) is 0 Å². The van der Waals surface area contributed by atoms with Gasteiger partial charge in [-0.05, 0) is 35.8 Å². The molecule has 5 aliphatic rings. The lowest BCUT2D eigenvalue weighted by Gasteiger charge is -2.40. The van der Waals surface area contributed by atoms with E-state index >= 15 is 0 Å². The van der Waals surface area contributed by atoms with Gasteiger partial charge in [0.2, 0.25) is 5.91 Å². The number of rotatable bonds is 8. The summed E-state index contributed by atoms with van der Waals surface area (Å²) in [5, 5.41) is 78.0. The zero-order valence-corrected chi connectivity index (χ0v) is 29.1. The second-order valence-electron chi connectivity index (χ2n) is 13.8. The molecule has 11 N–H and O–H groups in total. The third kappa shape index (κ3) is 9.65. The number of hydrogen-bond acceptors (Lipinski definition) is 16. The Bertz CT molecular complexity index is 1570. The van der Waals surface area contributed by atoms with Crippen molar-refractivity contribution in [2.24, 2.45) is 17.6 Å². The Morgan fingerprint density at radius 3 is 1.69 bits per heavy atom. The van der Waals surface area contributed by atoms with Crippen molar-refractivity contribution in [1.82, 2.24) is 10.4 Å². The highest BCUT2D eigenvalue weighted by Gasteiger charge is 2.49. The van der Waals surface area contributed by atoms with E-state index in [2.05, 4.69) is 5.32 Å². The van der Waals surface area contributed by atoms with E-state index in [4.69, 9.17) is 35.4 Å². The van der Waals surface area contributed by atoms with Gasteiger partial charge in [-0.25, -0.2) is 4.79 Å². The van der Waals surface area contributed by atoms with Gasteiger partial charge in [-0.15, -0.1) is 5.06 Å². The first-order valence-corrected chi connectivity index (χ1v) is 17.6. The summed E-state index contributed by atoms with van der Waals surface area (Å²) in [5.74, 6) is -1.84. The Morgan fingerprint density at radius 1 is 0.704 bits per heavy atom. The molecule has 2 aromatic rings. The second-order valence-corrected chi connectivity index (χ2v) is 13.8. The number of carbonyl (C=O) groups is 4. The molecular formula is C36H47N3O15. The largest absolute Gasteiger partial charge is 0.394 e. The predicted molar refractivity (Wildman–Crippen MR) is 182 cm³/mol. The second kappa shape index (κ2) is 18.1. The third-order valence-electron chi connectivity index (χ3n) is 10.0. The van der Waals surface area contributed by atoms with E-state index in [1.807, 2.05) is 60.7 Å². The fraction of sp³-hybridized carbons (Fsp3) is 0.556. The van der Waals surface area contributed by atoms with Gasteiger partial charge in [0.25, 0.3) is 11.8 Å². The highest BCUT2D eigenvalue weighted by Crippen LogP contribution is 2.48. The maximum absolute atomic E-state index is 12.3. The molecule has 3 aliphatic heterocycles. The standard InChI is InChI=1S/C16H21NO6.C14H13NO4.C6H13NO5/c18-7-11-13(19)14(20)12(16(22)23-11)17-15(21)10-6-9(10)8-4-2-1-3-5-8;16-12-6-7-13(17)15(12)19-14(18)11-8-10(11)9-4-2-1-3-5-9;7-3-5(10)4(9)2(1-8)12-6(3)11/h1-5,9-14,16,18-20,22H,6-7H2,(H,17,21);1-5,10-11H,6-8H2;2-6,8-11H,1,7H2/t9?,10-,11-,12-,13-,14-,16?;10?,11-;2-,3-,4-,5-,6?/m111/s1. The first kappa shape index (κ1) is 41.2. The molecule has 2 aromatic carbocycles. The number of carbonyl (C=O) groups excluding carboxylic acids is 4. The Hall–Kier alpha value is -3.92. The molecule has 4 unspecified atom stereocenters. The molecule has 0 bridgehead atoms. The summed E-state index contributed by atoms with van der Waals surface area (Å²) in [7, 11) is 0. The van der Waals surface area contributed by atoms with Gasteiger partial charge < -0.3 is 66.2 Å². The van der Waals surface area contributed by atoms with Crippen molar-refractivity contribution in [2.45, 2.75) is 98.8 Å². The Balaban J connectivity index is 0.000000164. The van der Waals surface area contributed by atoms with E-state index < -0.39 is 92.3 Å². The molecule has 54 heavy (non-hydrogen) atoms. The van der Waals surface area contributed by atoms with E-state index in [9.17, 15) is 44.7 Å².